The Hall–Kier alpha value is -2.04. The molecule has 1 fully saturated rings. The van der Waals surface area contributed by atoms with E-state index in [1.54, 1.807) is 7.11 Å². The molecule has 0 unspecified atom stereocenters. The largest absolute Gasteiger partial charge is 0.496 e. The number of nitrogens with zero attached hydrogens (tertiary/aromatic N) is 1. The minimum Gasteiger partial charge on any atom is -0.496 e. The number of amides is 2. The number of ether oxygens (including phenoxy) is 1. The Balaban J connectivity index is 1.74. The summed E-state index contributed by atoms with van der Waals surface area (Å²) in [5.41, 5.74) is 2.18. The molecule has 1 N–H and O–H groups in total. The SMILES string of the molecule is CCN1C[C@@H](CNC(=O)CCc2ccc(C)c(OC)c2)CC1=O. The Morgan fingerprint density at radius 3 is 2.87 bits per heavy atom. The van der Waals surface area contributed by atoms with Crippen LogP contribution in [0.4, 0.5) is 0 Å². The van der Waals surface area contributed by atoms with Gasteiger partial charge >= 0.3 is 0 Å². The molecule has 2 amide bonds. The van der Waals surface area contributed by atoms with E-state index in [0.29, 0.717) is 25.8 Å². The summed E-state index contributed by atoms with van der Waals surface area (Å²) in [5, 5.41) is 2.95. The Bertz CT molecular complexity index is 571. The molecule has 1 aliphatic heterocycles. The molecule has 1 aliphatic rings. The lowest BCUT2D eigenvalue weighted by molar-refractivity contribution is -0.127. The van der Waals surface area contributed by atoms with Gasteiger partial charge < -0.3 is 15.0 Å². The highest BCUT2D eigenvalue weighted by Gasteiger charge is 2.28. The molecule has 126 valence electrons. The van der Waals surface area contributed by atoms with Crippen LogP contribution in [-0.4, -0.2) is 43.5 Å². The van der Waals surface area contributed by atoms with Crippen molar-refractivity contribution in [3.63, 3.8) is 0 Å². The van der Waals surface area contributed by atoms with Crippen molar-refractivity contribution < 1.29 is 14.3 Å². The maximum Gasteiger partial charge on any atom is 0.222 e. The fraction of sp³-hybridized carbons (Fsp3) is 0.556. The Morgan fingerprint density at radius 1 is 1.43 bits per heavy atom. The first-order valence-electron chi connectivity index (χ1n) is 8.21. The van der Waals surface area contributed by atoms with Gasteiger partial charge in [-0.05, 0) is 37.5 Å². The summed E-state index contributed by atoms with van der Waals surface area (Å²) in [6.45, 7) is 6.06. The number of methoxy groups -OCH3 is 1. The minimum absolute atomic E-state index is 0.0342. The number of carbonyl (C=O) groups excluding carboxylic acids is 2. The van der Waals surface area contributed by atoms with Gasteiger partial charge in [-0.15, -0.1) is 0 Å². The van der Waals surface area contributed by atoms with E-state index in [4.69, 9.17) is 4.74 Å². The summed E-state index contributed by atoms with van der Waals surface area (Å²) in [5.74, 6) is 1.32. The molecule has 23 heavy (non-hydrogen) atoms. The van der Waals surface area contributed by atoms with Crippen LogP contribution in [0.1, 0.15) is 30.9 Å². The van der Waals surface area contributed by atoms with Crippen molar-refractivity contribution in [3.8, 4) is 5.75 Å². The Morgan fingerprint density at radius 2 is 2.22 bits per heavy atom. The van der Waals surface area contributed by atoms with Gasteiger partial charge in [0.2, 0.25) is 11.8 Å². The average molecular weight is 318 g/mol. The van der Waals surface area contributed by atoms with Crippen LogP contribution < -0.4 is 10.1 Å². The maximum absolute atomic E-state index is 12.0. The number of nitrogens with one attached hydrogen (secondary N) is 1. The van der Waals surface area contributed by atoms with Gasteiger partial charge in [-0.3, -0.25) is 9.59 Å². The van der Waals surface area contributed by atoms with Gasteiger partial charge in [0, 0.05) is 38.4 Å². The monoisotopic (exact) mass is 318 g/mol. The smallest absolute Gasteiger partial charge is 0.222 e. The van der Waals surface area contributed by atoms with E-state index >= 15 is 0 Å². The molecular weight excluding hydrogens is 292 g/mol. The van der Waals surface area contributed by atoms with Crippen LogP contribution in [0.15, 0.2) is 18.2 Å². The van der Waals surface area contributed by atoms with E-state index in [2.05, 4.69) is 5.32 Å². The predicted octanol–water partition coefficient (Wildman–Crippen LogP) is 1.92. The zero-order valence-corrected chi connectivity index (χ0v) is 14.2. The van der Waals surface area contributed by atoms with Crippen molar-refractivity contribution in [2.45, 2.75) is 33.1 Å². The minimum atomic E-state index is 0.0342. The summed E-state index contributed by atoms with van der Waals surface area (Å²) < 4.78 is 5.30. The van der Waals surface area contributed by atoms with E-state index in [1.165, 1.54) is 0 Å². The van der Waals surface area contributed by atoms with Gasteiger partial charge in [-0.2, -0.15) is 0 Å². The van der Waals surface area contributed by atoms with Crippen LogP contribution in [0.25, 0.3) is 0 Å². The molecular formula is C18H26N2O3. The number of hydrogen-bond acceptors (Lipinski definition) is 3. The van der Waals surface area contributed by atoms with E-state index in [0.717, 1.165) is 30.0 Å². The van der Waals surface area contributed by atoms with Gasteiger partial charge in [0.25, 0.3) is 0 Å². The van der Waals surface area contributed by atoms with E-state index in [1.807, 2.05) is 36.9 Å². The summed E-state index contributed by atoms with van der Waals surface area (Å²) in [7, 11) is 1.65. The second-order valence-corrected chi connectivity index (χ2v) is 6.11. The zero-order valence-electron chi connectivity index (χ0n) is 14.2. The van der Waals surface area contributed by atoms with Crippen molar-refractivity contribution in [1.29, 1.82) is 0 Å². The van der Waals surface area contributed by atoms with E-state index in [9.17, 15) is 9.59 Å². The number of aryl methyl sites for hydroxylation is 2. The van der Waals surface area contributed by atoms with Gasteiger partial charge in [0.15, 0.2) is 0 Å². The number of hydrogen-bond donors (Lipinski definition) is 1. The molecule has 1 atom stereocenters. The van der Waals surface area contributed by atoms with Crippen molar-refractivity contribution in [3.05, 3.63) is 29.3 Å². The van der Waals surface area contributed by atoms with Crippen molar-refractivity contribution in [1.82, 2.24) is 10.2 Å². The molecule has 0 spiro atoms. The fourth-order valence-corrected chi connectivity index (χ4v) is 2.92. The van der Waals surface area contributed by atoms with Gasteiger partial charge in [0.05, 0.1) is 7.11 Å². The molecule has 0 radical (unpaired) electrons. The van der Waals surface area contributed by atoms with Crippen LogP contribution in [-0.2, 0) is 16.0 Å². The molecule has 0 bridgehead atoms. The summed E-state index contributed by atoms with van der Waals surface area (Å²) in [6, 6.07) is 6.02. The number of likely N-dealkylation sites (tertiary alicyclic amines) is 1. The maximum atomic E-state index is 12.0. The predicted molar refractivity (Wildman–Crippen MR) is 89.4 cm³/mol. The lowest BCUT2D eigenvalue weighted by atomic mass is 10.1. The lowest BCUT2D eigenvalue weighted by Gasteiger charge is -2.14. The van der Waals surface area contributed by atoms with Crippen LogP contribution in [0, 0.1) is 12.8 Å². The van der Waals surface area contributed by atoms with Crippen molar-refractivity contribution in [2.24, 2.45) is 5.92 Å². The standard InChI is InChI=1S/C18H26N2O3/c1-4-20-12-15(10-18(20)22)11-19-17(21)8-7-14-6-5-13(2)16(9-14)23-3/h5-6,9,15H,4,7-8,10-12H2,1-3H3,(H,19,21)/t15-/m1/s1. The number of carbonyl (C=O) groups is 2. The third-order valence-corrected chi connectivity index (χ3v) is 4.38. The second-order valence-electron chi connectivity index (χ2n) is 6.11. The molecule has 1 saturated heterocycles. The van der Waals surface area contributed by atoms with Gasteiger partial charge in [-0.1, -0.05) is 12.1 Å². The first kappa shape index (κ1) is 17.3. The Labute approximate surface area is 138 Å². The summed E-state index contributed by atoms with van der Waals surface area (Å²) in [4.78, 5) is 25.5. The molecule has 1 aromatic carbocycles. The summed E-state index contributed by atoms with van der Waals surface area (Å²) >= 11 is 0. The average Bonchev–Trinajstić information content (AvgIpc) is 2.92. The topological polar surface area (TPSA) is 58.6 Å². The third kappa shape index (κ3) is 4.71. The quantitative estimate of drug-likeness (QED) is 0.835. The molecule has 5 nitrogen and oxygen atoms in total. The second kappa shape index (κ2) is 7.99. The van der Waals surface area contributed by atoms with E-state index in [-0.39, 0.29) is 17.7 Å². The normalized spacial score (nSPS) is 17.4. The fourth-order valence-electron chi connectivity index (χ4n) is 2.92. The summed E-state index contributed by atoms with van der Waals surface area (Å²) in [6.07, 6.45) is 1.68. The van der Waals surface area contributed by atoms with Crippen molar-refractivity contribution in [2.75, 3.05) is 26.7 Å². The highest BCUT2D eigenvalue weighted by Crippen LogP contribution is 2.20. The number of benzene rings is 1. The van der Waals surface area contributed by atoms with Crippen LogP contribution in [0.5, 0.6) is 5.75 Å². The molecule has 1 aromatic rings. The highest BCUT2D eigenvalue weighted by molar-refractivity contribution is 5.79. The molecule has 5 heteroatoms. The molecule has 1 heterocycles. The zero-order chi connectivity index (χ0) is 16.8. The lowest BCUT2D eigenvalue weighted by Crippen LogP contribution is -2.31. The molecule has 0 aromatic heterocycles. The third-order valence-electron chi connectivity index (χ3n) is 4.38. The van der Waals surface area contributed by atoms with Gasteiger partial charge in [-0.25, -0.2) is 0 Å². The molecule has 0 saturated carbocycles. The van der Waals surface area contributed by atoms with Crippen LogP contribution in [0.3, 0.4) is 0 Å². The molecule has 0 aliphatic carbocycles. The highest BCUT2D eigenvalue weighted by atomic mass is 16.5. The van der Waals surface area contributed by atoms with Gasteiger partial charge in [0.1, 0.15) is 5.75 Å². The Kier molecular flexibility index (Phi) is 6.02. The van der Waals surface area contributed by atoms with E-state index < -0.39 is 0 Å². The molecule has 2 rings (SSSR count). The van der Waals surface area contributed by atoms with Crippen LogP contribution in [0.2, 0.25) is 0 Å². The number of rotatable bonds is 7. The first-order chi connectivity index (χ1) is 11.0. The van der Waals surface area contributed by atoms with Crippen molar-refractivity contribution >= 4 is 11.8 Å². The first-order valence-corrected chi connectivity index (χ1v) is 8.21. The van der Waals surface area contributed by atoms with Crippen LogP contribution >= 0.6 is 0 Å².